The van der Waals surface area contributed by atoms with Crippen LogP contribution < -0.4 is 15.5 Å². The van der Waals surface area contributed by atoms with Gasteiger partial charge in [-0.15, -0.1) is 0 Å². The number of imidazole rings is 1. The van der Waals surface area contributed by atoms with Crippen molar-refractivity contribution >= 4 is 22.6 Å². The van der Waals surface area contributed by atoms with Crippen molar-refractivity contribution in [3.05, 3.63) is 83.0 Å². The molecule has 3 N–H and O–H groups in total. The van der Waals surface area contributed by atoms with Crippen LogP contribution in [0.2, 0.25) is 0 Å². The number of nitrogens with one attached hydrogen (secondary N) is 3. The molecule has 3 aliphatic rings. The molecule has 0 unspecified atom stereocenters. The maximum absolute atomic E-state index is 14.2. The molecule has 204 valence electrons. The van der Waals surface area contributed by atoms with E-state index in [1.165, 1.54) is 11.6 Å². The standard InChI is InChI=1S/C30H37FN8/c1-4-21-16-26(32-18-27-34-24-10-5-6-11-25(24)35-27)28-30(39(19-33-28)23-9-7-8-22(31)17-23)36-29(21)38-14-12-37(13-15-38)20(2)3/h5-11,17,20,32-33H,4,12-16,18-19H2,1-3H3,(H,34,35). The van der Waals surface area contributed by atoms with Crippen LogP contribution in [-0.2, 0) is 6.54 Å². The Bertz CT molecular complexity index is 1410. The summed E-state index contributed by atoms with van der Waals surface area (Å²) < 4.78 is 14.2. The Kier molecular flexibility index (Phi) is 6.99. The fourth-order valence-electron chi connectivity index (χ4n) is 5.68. The number of nitrogens with zero attached hydrogens (tertiary/aromatic N) is 5. The maximum atomic E-state index is 14.2. The van der Waals surface area contributed by atoms with E-state index in [2.05, 4.69) is 51.1 Å². The number of amidine groups is 1. The van der Waals surface area contributed by atoms with Gasteiger partial charge in [0.25, 0.3) is 0 Å². The van der Waals surface area contributed by atoms with Crippen molar-refractivity contribution in [2.24, 2.45) is 4.99 Å². The summed E-state index contributed by atoms with van der Waals surface area (Å²) in [7, 11) is 0. The van der Waals surface area contributed by atoms with Gasteiger partial charge in [0.05, 0.1) is 29.9 Å². The van der Waals surface area contributed by atoms with Crippen LogP contribution in [-0.4, -0.2) is 64.5 Å². The lowest BCUT2D eigenvalue weighted by atomic mass is 10.1. The average molecular weight is 529 g/mol. The number of aromatic nitrogens is 2. The van der Waals surface area contributed by atoms with Crippen LogP contribution >= 0.6 is 0 Å². The Morgan fingerprint density at radius 2 is 1.87 bits per heavy atom. The van der Waals surface area contributed by atoms with Gasteiger partial charge < -0.3 is 25.4 Å². The Balaban J connectivity index is 1.35. The quantitative estimate of drug-likeness (QED) is 0.419. The van der Waals surface area contributed by atoms with Crippen molar-refractivity contribution in [3.8, 4) is 0 Å². The van der Waals surface area contributed by atoms with Crippen molar-refractivity contribution in [3.63, 3.8) is 0 Å². The molecule has 2 aromatic carbocycles. The first-order chi connectivity index (χ1) is 19.0. The van der Waals surface area contributed by atoms with Gasteiger partial charge in [0.1, 0.15) is 17.5 Å². The predicted octanol–water partition coefficient (Wildman–Crippen LogP) is 4.52. The summed E-state index contributed by atoms with van der Waals surface area (Å²) in [5.74, 6) is 2.52. The number of piperazine rings is 1. The second-order valence-corrected chi connectivity index (χ2v) is 10.7. The van der Waals surface area contributed by atoms with Gasteiger partial charge in [0.15, 0.2) is 5.84 Å². The first-order valence-corrected chi connectivity index (χ1v) is 14.0. The third kappa shape index (κ3) is 5.11. The normalized spacial score (nSPS) is 18.5. The van der Waals surface area contributed by atoms with E-state index in [1.54, 1.807) is 12.1 Å². The minimum absolute atomic E-state index is 0.253. The molecule has 0 bridgehead atoms. The van der Waals surface area contributed by atoms with Crippen molar-refractivity contribution < 1.29 is 4.39 Å². The van der Waals surface area contributed by atoms with Gasteiger partial charge in [-0.05, 0) is 56.2 Å². The molecule has 39 heavy (non-hydrogen) atoms. The molecule has 0 saturated carbocycles. The zero-order valence-corrected chi connectivity index (χ0v) is 23.0. The first kappa shape index (κ1) is 25.4. The molecule has 0 amide bonds. The number of hydrogen-bond acceptors (Lipinski definition) is 7. The summed E-state index contributed by atoms with van der Waals surface area (Å²) in [5.41, 5.74) is 6.14. The molecule has 1 aromatic heterocycles. The van der Waals surface area contributed by atoms with E-state index < -0.39 is 0 Å². The van der Waals surface area contributed by atoms with Gasteiger partial charge >= 0.3 is 0 Å². The highest BCUT2D eigenvalue weighted by Gasteiger charge is 2.33. The molecular weight excluding hydrogens is 491 g/mol. The van der Waals surface area contributed by atoms with Gasteiger partial charge in [-0.25, -0.2) is 14.4 Å². The van der Waals surface area contributed by atoms with Crippen LogP contribution in [0.1, 0.15) is 39.4 Å². The van der Waals surface area contributed by atoms with E-state index in [0.717, 1.165) is 84.6 Å². The third-order valence-corrected chi connectivity index (χ3v) is 7.91. The number of anilines is 1. The van der Waals surface area contributed by atoms with Crippen LogP contribution in [0.25, 0.3) is 11.0 Å². The van der Waals surface area contributed by atoms with Crippen LogP contribution in [0, 0.1) is 5.82 Å². The first-order valence-electron chi connectivity index (χ1n) is 14.0. The summed E-state index contributed by atoms with van der Waals surface area (Å²) in [5, 5.41) is 7.26. The van der Waals surface area contributed by atoms with Crippen molar-refractivity contribution in [2.45, 2.75) is 46.2 Å². The Labute approximate surface area is 229 Å². The minimum atomic E-state index is -0.253. The SMILES string of the molecule is CCC1=C(N2CCN(C(C)C)CC2)N=C2C(=C(NCc3nc4ccccc4[nH]3)C1)NCN2c1cccc(F)c1. The Morgan fingerprint density at radius 1 is 1.05 bits per heavy atom. The molecule has 2 fully saturated rings. The van der Waals surface area contributed by atoms with Gasteiger partial charge in [-0.1, -0.05) is 25.1 Å². The summed E-state index contributed by atoms with van der Waals surface area (Å²) in [4.78, 5) is 20.6. The van der Waals surface area contributed by atoms with Crippen molar-refractivity contribution in [1.29, 1.82) is 0 Å². The highest BCUT2D eigenvalue weighted by atomic mass is 19.1. The van der Waals surface area contributed by atoms with E-state index in [-0.39, 0.29) is 5.82 Å². The molecule has 8 nitrogen and oxygen atoms in total. The maximum Gasteiger partial charge on any atom is 0.162 e. The van der Waals surface area contributed by atoms with E-state index in [1.807, 2.05) is 30.3 Å². The van der Waals surface area contributed by atoms with Crippen LogP contribution in [0.5, 0.6) is 0 Å². The molecule has 0 atom stereocenters. The minimum Gasteiger partial charge on any atom is -0.379 e. The van der Waals surface area contributed by atoms with E-state index in [4.69, 9.17) is 9.98 Å². The van der Waals surface area contributed by atoms with Crippen molar-refractivity contribution in [1.82, 2.24) is 30.4 Å². The van der Waals surface area contributed by atoms with E-state index in [0.29, 0.717) is 19.3 Å². The van der Waals surface area contributed by atoms with Crippen LogP contribution in [0.15, 0.2) is 76.3 Å². The number of benzene rings is 2. The second kappa shape index (κ2) is 10.7. The van der Waals surface area contributed by atoms with Gasteiger partial charge in [-0.3, -0.25) is 4.90 Å². The van der Waals surface area contributed by atoms with Crippen molar-refractivity contribution in [2.75, 3.05) is 37.7 Å². The molecule has 9 heteroatoms. The lowest BCUT2D eigenvalue weighted by Gasteiger charge is -2.38. The summed E-state index contributed by atoms with van der Waals surface area (Å²) in [6, 6.07) is 15.4. The lowest BCUT2D eigenvalue weighted by Crippen LogP contribution is -2.48. The topological polar surface area (TPSA) is 74.8 Å². The molecule has 2 saturated heterocycles. The second-order valence-electron chi connectivity index (χ2n) is 10.7. The number of rotatable bonds is 7. The number of H-pyrrole nitrogens is 1. The number of fused-ring (bicyclic) bond motifs is 2. The molecule has 4 heterocycles. The number of hydrogen-bond donors (Lipinski definition) is 3. The zero-order chi connectivity index (χ0) is 26.9. The fourth-order valence-corrected chi connectivity index (χ4v) is 5.68. The monoisotopic (exact) mass is 528 g/mol. The highest BCUT2D eigenvalue weighted by Crippen LogP contribution is 2.32. The Morgan fingerprint density at radius 3 is 2.62 bits per heavy atom. The van der Waals surface area contributed by atoms with Gasteiger partial charge in [-0.2, -0.15) is 0 Å². The number of aliphatic imine (C=N–C) groups is 1. The largest absolute Gasteiger partial charge is 0.379 e. The molecule has 6 rings (SSSR count). The smallest absolute Gasteiger partial charge is 0.162 e. The number of para-hydroxylation sites is 2. The third-order valence-electron chi connectivity index (χ3n) is 7.91. The van der Waals surface area contributed by atoms with Crippen LogP contribution in [0.4, 0.5) is 10.1 Å². The molecule has 3 aliphatic heterocycles. The summed E-state index contributed by atoms with van der Waals surface area (Å²) in [6.45, 7) is 11.8. The summed E-state index contributed by atoms with van der Waals surface area (Å²) >= 11 is 0. The van der Waals surface area contributed by atoms with E-state index >= 15 is 0 Å². The Hall–Kier alpha value is -3.85. The highest BCUT2D eigenvalue weighted by molar-refractivity contribution is 6.12. The summed E-state index contributed by atoms with van der Waals surface area (Å²) in [6.07, 6.45) is 1.67. The van der Waals surface area contributed by atoms with Gasteiger partial charge in [0, 0.05) is 50.0 Å². The fraction of sp³-hybridized carbons (Fsp3) is 0.400. The molecule has 3 aromatic rings. The number of halogens is 1. The van der Waals surface area contributed by atoms with Gasteiger partial charge in [0.2, 0.25) is 0 Å². The number of allylic oxidation sites excluding steroid dienone is 1. The average Bonchev–Trinajstić information content (AvgIpc) is 3.52. The number of aromatic amines is 1. The van der Waals surface area contributed by atoms with E-state index in [9.17, 15) is 4.39 Å². The lowest BCUT2D eigenvalue weighted by molar-refractivity contribution is 0.128. The molecule has 0 spiro atoms. The predicted molar refractivity (Wildman–Crippen MR) is 154 cm³/mol. The molecule has 0 aliphatic carbocycles. The molecule has 0 radical (unpaired) electrons. The zero-order valence-electron chi connectivity index (χ0n) is 23.0. The molecular formula is C30H37FN8. The van der Waals surface area contributed by atoms with Crippen LogP contribution in [0.3, 0.4) is 0 Å².